The van der Waals surface area contributed by atoms with E-state index < -0.39 is 45.8 Å². The molecule has 0 saturated carbocycles. The minimum Gasteiger partial charge on any atom is -0.486 e. The molecule has 1 saturated heterocycles. The van der Waals surface area contributed by atoms with Gasteiger partial charge in [0.25, 0.3) is 0 Å². The van der Waals surface area contributed by atoms with Crippen LogP contribution < -0.4 is 20.1 Å². The smallest absolute Gasteiger partial charge is 0.235 e. The zero-order valence-electron chi connectivity index (χ0n) is 17.8. The number of hydrogen-bond acceptors (Lipinski definition) is 7. The molecule has 2 aliphatic rings. The van der Waals surface area contributed by atoms with Crippen molar-refractivity contribution in [1.29, 1.82) is 0 Å². The van der Waals surface area contributed by atoms with E-state index >= 15 is 0 Å². The summed E-state index contributed by atoms with van der Waals surface area (Å²) in [5.41, 5.74) is 0.702. The number of benzene rings is 2. The Balaban J connectivity index is 1.50. The maximum atomic E-state index is 13.1. The summed E-state index contributed by atoms with van der Waals surface area (Å²) in [6, 6.07) is 12.6. The topological polar surface area (TPSA) is 128 Å². The second-order valence-electron chi connectivity index (χ2n) is 8.00. The Kier molecular flexibility index (Phi) is 6.64. The second kappa shape index (κ2) is 9.62. The molecule has 10 heteroatoms. The minimum absolute atomic E-state index is 0.00885. The summed E-state index contributed by atoms with van der Waals surface area (Å²) >= 11 is 0. The molecule has 2 aromatic carbocycles. The van der Waals surface area contributed by atoms with Crippen LogP contribution in [-0.2, 0) is 19.4 Å². The molecule has 174 valence electrons. The molecular weight excluding hydrogens is 448 g/mol. The number of amides is 2. The van der Waals surface area contributed by atoms with Crippen LogP contribution >= 0.6 is 0 Å². The fraction of sp³-hybridized carbons (Fsp3) is 0.348. The fourth-order valence-electron chi connectivity index (χ4n) is 3.84. The lowest BCUT2D eigenvalue weighted by Crippen LogP contribution is -2.40. The molecule has 2 heterocycles. The number of Topliss-reactive ketones (excluding diaryl/α,β-unsaturated/α-hetero) is 1. The van der Waals surface area contributed by atoms with Gasteiger partial charge in [0.2, 0.25) is 11.8 Å². The molecule has 0 radical (unpaired) electrons. The molecule has 0 aromatic heterocycles. The molecule has 9 nitrogen and oxygen atoms in total. The first kappa shape index (κ1) is 22.8. The number of carbonyl (C=O) groups is 3. The molecule has 0 aliphatic carbocycles. The number of carbonyl (C=O) groups excluding carboxylic acids is 3. The predicted molar refractivity (Wildman–Crippen MR) is 120 cm³/mol. The Morgan fingerprint density at radius 1 is 1.00 bits per heavy atom. The monoisotopic (exact) mass is 472 g/mol. The molecular formula is C23H24N2O7S. The van der Waals surface area contributed by atoms with E-state index in [0.29, 0.717) is 42.4 Å². The summed E-state index contributed by atoms with van der Waals surface area (Å²) in [6.45, 7) is 0.820. The van der Waals surface area contributed by atoms with Gasteiger partial charge >= 0.3 is 0 Å². The van der Waals surface area contributed by atoms with Crippen molar-refractivity contribution >= 4 is 33.1 Å². The van der Waals surface area contributed by atoms with Gasteiger partial charge in [-0.25, -0.2) is 8.42 Å². The summed E-state index contributed by atoms with van der Waals surface area (Å²) < 4.78 is 34.3. The molecule has 2 unspecified atom stereocenters. The van der Waals surface area contributed by atoms with E-state index in [1.807, 2.05) is 0 Å². The van der Waals surface area contributed by atoms with Crippen molar-refractivity contribution in [1.82, 2.24) is 5.32 Å². The van der Waals surface area contributed by atoms with Crippen LogP contribution in [0.4, 0.5) is 5.69 Å². The Labute approximate surface area is 191 Å². The van der Waals surface area contributed by atoms with Gasteiger partial charge in [0, 0.05) is 29.8 Å². The van der Waals surface area contributed by atoms with Gasteiger partial charge in [-0.05, 0) is 18.6 Å². The number of sulfone groups is 1. The summed E-state index contributed by atoms with van der Waals surface area (Å²) in [4.78, 5) is 38.8. The van der Waals surface area contributed by atoms with Crippen molar-refractivity contribution in [2.24, 2.45) is 5.92 Å². The first-order valence-electron chi connectivity index (χ1n) is 10.6. The SMILES string of the molecule is O=C(CC(C(=O)Nc1ccc2c(c1)OCCO2)C(=O)c1ccccc1)NC1CCS(=O)(=O)C1. The summed E-state index contributed by atoms with van der Waals surface area (Å²) in [7, 11) is -3.18. The number of ether oxygens (including phenoxy) is 2. The highest BCUT2D eigenvalue weighted by Crippen LogP contribution is 2.33. The first-order chi connectivity index (χ1) is 15.8. The van der Waals surface area contributed by atoms with E-state index in [1.54, 1.807) is 48.5 Å². The number of nitrogens with one attached hydrogen (secondary N) is 2. The highest BCUT2D eigenvalue weighted by molar-refractivity contribution is 7.91. The fourth-order valence-corrected chi connectivity index (χ4v) is 5.51. The van der Waals surface area contributed by atoms with Crippen LogP contribution in [0.25, 0.3) is 0 Å². The maximum absolute atomic E-state index is 13.1. The molecule has 33 heavy (non-hydrogen) atoms. The molecule has 2 amide bonds. The maximum Gasteiger partial charge on any atom is 0.235 e. The van der Waals surface area contributed by atoms with Crippen LogP contribution in [0.15, 0.2) is 48.5 Å². The Bertz CT molecular complexity index is 1160. The number of hydrogen-bond donors (Lipinski definition) is 2. The lowest BCUT2D eigenvalue weighted by atomic mass is 9.93. The third-order valence-corrected chi connectivity index (χ3v) is 7.26. The van der Waals surface area contributed by atoms with Crippen molar-refractivity contribution in [3.8, 4) is 11.5 Å². The van der Waals surface area contributed by atoms with Crippen LogP contribution in [0.3, 0.4) is 0 Å². The average Bonchev–Trinajstić information content (AvgIpc) is 3.15. The van der Waals surface area contributed by atoms with Crippen LogP contribution in [0.2, 0.25) is 0 Å². The van der Waals surface area contributed by atoms with Crippen molar-refractivity contribution in [2.75, 3.05) is 30.0 Å². The highest BCUT2D eigenvalue weighted by Gasteiger charge is 2.33. The van der Waals surface area contributed by atoms with Crippen LogP contribution in [-0.4, -0.2) is 56.8 Å². The molecule has 0 bridgehead atoms. The molecule has 2 aromatic rings. The average molecular weight is 473 g/mol. The third-order valence-electron chi connectivity index (χ3n) is 5.49. The standard InChI is InChI=1S/C23H24N2O7S/c26-21(24-17-8-11-33(29,30)14-17)13-18(22(27)15-4-2-1-3-5-15)23(28)25-16-6-7-19-20(12-16)32-10-9-31-19/h1-7,12,17-18H,8-11,13-14H2,(H,24,26)(H,25,28). The van der Waals surface area contributed by atoms with Crippen molar-refractivity contribution < 1.29 is 32.3 Å². The number of rotatable bonds is 7. The molecule has 1 fully saturated rings. The predicted octanol–water partition coefficient (Wildman–Crippen LogP) is 1.59. The van der Waals surface area contributed by atoms with Gasteiger partial charge in [-0.2, -0.15) is 0 Å². The van der Waals surface area contributed by atoms with E-state index in [0.717, 1.165) is 0 Å². The van der Waals surface area contributed by atoms with E-state index in [1.165, 1.54) is 0 Å². The zero-order chi connectivity index (χ0) is 23.4. The lowest BCUT2D eigenvalue weighted by Gasteiger charge is -2.20. The molecule has 2 N–H and O–H groups in total. The first-order valence-corrected chi connectivity index (χ1v) is 12.4. The van der Waals surface area contributed by atoms with Gasteiger partial charge < -0.3 is 20.1 Å². The van der Waals surface area contributed by atoms with E-state index in [9.17, 15) is 22.8 Å². The van der Waals surface area contributed by atoms with E-state index in [-0.39, 0.29) is 11.5 Å². The number of anilines is 1. The van der Waals surface area contributed by atoms with Crippen LogP contribution in [0.5, 0.6) is 11.5 Å². The number of fused-ring (bicyclic) bond motifs is 1. The molecule has 2 atom stereocenters. The molecule has 2 aliphatic heterocycles. The molecule has 0 spiro atoms. The third kappa shape index (κ3) is 5.70. The van der Waals surface area contributed by atoms with Gasteiger partial charge in [0.15, 0.2) is 27.1 Å². The van der Waals surface area contributed by atoms with Gasteiger partial charge in [-0.3, -0.25) is 14.4 Å². The highest BCUT2D eigenvalue weighted by atomic mass is 32.2. The zero-order valence-corrected chi connectivity index (χ0v) is 18.6. The Morgan fingerprint density at radius 2 is 1.73 bits per heavy atom. The van der Waals surface area contributed by atoms with Crippen LogP contribution in [0, 0.1) is 5.92 Å². The summed E-state index contributed by atoms with van der Waals surface area (Å²) in [6.07, 6.45) is -0.0879. The quantitative estimate of drug-likeness (QED) is 0.463. The van der Waals surface area contributed by atoms with E-state index in [4.69, 9.17) is 9.47 Å². The summed E-state index contributed by atoms with van der Waals surface area (Å²) in [5.74, 6) is -2.09. The van der Waals surface area contributed by atoms with E-state index in [2.05, 4.69) is 10.6 Å². The number of ketones is 1. The Morgan fingerprint density at radius 3 is 2.42 bits per heavy atom. The van der Waals surface area contributed by atoms with Gasteiger partial charge in [-0.1, -0.05) is 30.3 Å². The lowest BCUT2D eigenvalue weighted by molar-refractivity contribution is -0.126. The normalized spacial score (nSPS) is 19.3. The Hall–Kier alpha value is -3.40. The van der Waals surface area contributed by atoms with Crippen molar-refractivity contribution in [3.05, 3.63) is 54.1 Å². The van der Waals surface area contributed by atoms with Gasteiger partial charge in [0.1, 0.15) is 19.1 Å². The minimum atomic E-state index is -3.18. The second-order valence-corrected chi connectivity index (χ2v) is 10.2. The van der Waals surface area contributed by atoms with Crippen molar-refractivity contribution in [3.63, 3.8) is 0 Å². The van der Waals surface area contributed by atoms with Crippen LogP contribution in [0.1, 0.15) is 23.2 Å². The molecule has 4 rings (SSSR count). The summed E-state index contributed by atoms with van der Waals surface area (Å²) in [5, 5.41) is 5.33. The van der Waals surface area contributed by atoms with Gasteiger partial charge in [0.05, 0.1) is 11.5 Å². The van der Waals surface area contributed by atoms with Gasteiger partial charge in [-0.15, -0.1) is 0 Å². The largest absolute Gasteiger partial charge is 0.486 e. The van der Waals surface area contributed by atoms with Crippen molar-refractivity contribution in [2.45, 2.75) is 18.9 Å².